The van der Waals surface area contributed by atoms with Gasteiger partial charge < -0.3 is 28.3 Å². The van der Waals surface area contributed by atoms with Crippen LogP contribution in [0.5, 0.6) is 0 Å². The molecule has 0 amide bonds. The minimum absolute atomic E-state index is 0.0193. The molecule has 1 aliphatic rings. The molecular formula is C26H25ClN2O9S. The lowest BCUT2D eigenvalue weighted by Crippen LogP contribution is -2.60. The molecule has 0 saturated carbocycles. The highest BCUT2D eigenvalue weighted by molar-refractivity contribution is 7.71. The maximum Gasteiger partial charge on any atom is 0.303 e. The Labute approximate surface area is 234 Å². The van der Waals surface area contributed by atoms with Gasteiger partial charge in [-0.05, 0) is 29.8 Å². The molecule has 1 aromatic carbocycles. The molecule has 0 spiro atoms. The van der Waals surface area contributed by atoms with Gasteiger partial charge in [0.2, 0.25) is 0 Å². The third-order valence-electron chi connectivity index (χ3n) is 5.60. The van der Waals surface area contributed by atoms with E-state index in [0.29, 0.717) is 16.3 Å². The SMILES string of the molecule is CC(=O)OC[C@H]1O[C@@H](n2c(-c3ccc(Cl)cc3)ccc(C#N)c2=S)[C@H](OC(C)=O)[C@@H](OC(C)=O)[C@@H]1OC(C)=O. The van der Waals surface area contributed by atoms with Gasteiger partial charge in [0.25, 0.3) is 0 Å². The fraction of sp³-hybridized carbons (Fsp3) is 0.385. The number of benzene rings is 1. The van der Waals surface area contributed by atoms with Crippen LogP contribution in [-0.2, 0) is 42.9 Å². The number of hydrogen-bond donors (Lipinski definition) is 0. The summed E-state index contributed by atoms with van der Waals surface area (Å²) in [6.45, 7) is 4.17. The molecule has 13 heteroatoms. The first-order valence-corrected chi connectivity index (χ1v) is 12.4. The molecule has 1 aliphatic heterocycles. The summed E-state index contributed by atoms with van der Waals surface area (Å²) in [7, 11) is 0. The van der Waals surface area contributed by atoms with Gasteiger partial charge in [-0.2, -0.15) is 5.26 Å². The van der Waals surface area contributed by atoms with Crippen LogP contribution < -0.4 is 0 Å². The lowest BCUT2D eigenvalue weighted by molar-refractivity contribution is -0.268. The second-order valence-corrected chi connectivity index (χ2v) is 9.34. The highest BCUT2D eigenvalue weighted by Crippen LogP contribution is 2.38. The standard InChI is InChI=1S/C26H25ClN2O9S/c1-13(30)34-12-21-22(35-14(2)31)23(36-15(3)32)24(37-16(4)33)25(38-21)29-20(10-7-18(11-28)26(29)39)17-5-8-19(27)9-6-17/h5-10,21-25H,12H2,1-4H3/t21-,22-,23+,24-,25-/m1/s1. The smallest absolute Gasteiger partial charge is 0.303 e. The van der Waals surface area contributed by atoms with Crippen LogP contribution in [0.3, 0.4) is 0 Å². The van der Waals surface area contributed by atoms with E-state index in [0.717, 1.165) is 20.8 Å². The first-order valence-electron chi connectivity index (χ1n) is 11.6. The predicted molar refractivity (Wildman–Crippen MR) is 138 cm³/mol. The average molecular weight is 577 g/mol. The average Bonchev–Trinajstić information content (AvgIpc) is 2.85. The van der Waals surface area contributed by atoms with Crippen molar-refractivity contribution in [2.75, 3.05) is 6.61 Å². The molecule has 0 bridgehead atoms. The third kappa shape index (κ3) is 7.20. The summed E-state index contributed by atoms with van der Waals surface area (Å²) in [5.74, 6) is -2.93. The van der Waals surface area contributed by atoms with E-state index < -0.39 is 61.1 Å². The molecule has 0 N–H and O–H groups in total. The summed E-state index contributed by atoms with van der Waals surface area (Å²) in [5.41, 5.74) is 1.16. The van der Waals surface area contributed by atoms with E-state index in [9.17, 15) is 24.4 Å². The Balaban J connectivity index is 2.30. The van der Waals surface area contributed by atoms with E-state index in [1.165, 1.54) is 17.6 Å². The van der Waals surface area contributed by atoms with Crippen molar-refractivity contribution >= 4 is 47.7 Å². The van der Waals surface area contributed by atoms with E-state index >= 15 is 0 Å². The van der Waals surface area contributed by atoms with Crippen molar-refractivity contribution in [3.05, 3.63) is 51.6 Å². The number of aromatic nitrogens is 1. The third-order valence-corrected chi connectivity index (χ3v) is 6.27. The van der Waals surface area contributed by atoms with Crippen LogP contribution >= 0.6 is 23.8 Å². The Hall–Kier alpha value is -3.79. The topological polar surface area (TPSA) is 143 Å². The van der Waals surface area contributed by atoms with Crippen LogP contribution in [0.25, 0.3) is 11.3 Å². The van der Waals surface area contributed by atoms with E-state index in [2.05, 4.69) is 0 Å². The number of halogens is 1. The number of esters is 4. The molecule has 0 radical (unpaired) electrons. The molecule has 0 aliphatic carbocycles. The van der Waals surface area contributed by atoms with Crippen molar-refractivity contribution in [2.24, 2.45) is 0 Å². The highest BCUT2D eigenvalue weighted by Gasteiger charge is 2.53. The Morgan fingerprint density at radius 1 is 0.897 bits per heavy atom. The zero-order valence-corrected chi connectivity index (χ0v) is 23.0. The van der Waals surface area contributed by atoms with Crippen LogP contribution in [0.1, 0.15) is 39.5 Å². The number of ether oxygens (including phenoxy) is 5. The Bertz CT molecular complexity index is 1370. The van der Waals surface area contributed by atoms with Crippen molar-refractivity contribution in [3.63, 3.8) is 0 Å². The second-order valence-electron chi connectivity index (χ2n) is 8.52. The molecule has 11 nitrogen and oxygen atoms in total. The Morgan fingerprint density at radius 3 is 2.00 bits per heavy atom. The highest BCUT2D eigenvalue weighted by atomic mass is 35.5. The lowest BCUT2D eigenvalue weighted by Gasteiger charge is -2.45. The first kappa shape index (κ1) is 29.8. The fourth-order valence-electron chi connectivity index (χ4n) is 4.16. The summed E-state index contributed by atoms with van der Waals surface area (Å²) in [6, 6.07) is 11.9. The molecule has 206 valence electrons. The number of nitriles is 1. The van der Waals surface area contributed by atoms with Crippen molar-refractivity contribution in [1.82, 2.24) is 4.57 Å². The molecule has 2 aromatic rings. The zero-order chi connectivity index (χ0) is 28.9. The number of carbonyl (C=O) groups excluding carboxylic acids is 4. The quantitative estimate of drug-likeness (QED) is 0.270. The molecule has 1 fully saturated rings. The molecule has 1 aromatic heterocycles. The lowest BCUT2D eigenvalue weighted by atomic mass is 9.96. The molecule has 1 saturated heterocycles. The van der Waals surface area contributed by atoms with Gasteiger partial charge in [0.15, 0.2) is 24.5 Å². The van der Waals surface area contributed by atoms with Gasteiger partial charge >= 0.3 is 23.9 Å². The molecule has 5 atom stereocenters. The van der Waals surface area contributed by atoms with Gasteiger partial charge in [-0.15, -0.1) is 0 Å². The number of carbonyl (C=O) groups is 4. The van der Waals surface area contributed by atoms with Crippen LogP contribution in [0.4, 0.5) is 0 Å². The van der Waals surface area contributed by atoms with E-state index in [1.54, 1.807) is 30.3 Å². The summed E-state index contributed by atoms with van der Waals surface area (Å²) in [4.78, 5) is 48.1. The van der Waals surface area contributed by atoms with Gasteiger partial charge in [-0.25, -0.2) is 0 Å². The van der Waals surface area contributed by atoms with Crippen molar-refractivity contribution in [3.8, 4) is 17.3 Å². The van der Waals surface area contributed by atoms with Gasteiger partial charge in [-0.3, -0.25) is 19.2 Å². The Morgan fingerprint density at radius 2 is 1.46 bits per heavy atom. The van der Waals surface area contributed by atoms with Gasteiger partial charge in [0.05, 0.1) is 11.3 Å². The number of pyridine rings is 1. The monoisotopic (exact) mass is 576 g/mol. The number of hydrogen-bond acceptors (Lipinski definition) is 11. The molecule has 3 rings (SSSR count). The number of rotatable bonds is 7. The van der Waals surface area contributed by atoms with E-state index in [4.69, 9.17) is 47.5 Å². The van der Waals surface area contributed by atoms with Crippen molar-refractivity contribution in [1.29, 1.82) is 5.26 Å². The normalized spacial score (nSPS) is 22.2. The Kier molecular flexibility index (Phi) is 9.80. The van der Waals surface area contributed by atoms with Crippen LogP contribution in [0.2, 0.25) is 5.02 Å². The summed E-state index contributed by atoms with van der Waals surface area (Å²) >= 11 is 11.7. The maximum atomic E-state index is 12.2. The van der Waals surface area contributed by atoms with Gasteiger partial charge in [0, 0.05) is 32.7 Å². The van der Waals surface area contributed by atoms with Crippen molar-refractivity contribution < 1.29 is 42.9 Å². The number of nitrogens with zero attached hydrogens (tertiary/aromatic N) is 2. The summed E-state index contributed by atoms with van der Waals surface area (Å²) in [5, 5.41) is 10.2. The van der Waals surface area contributed by atoms with Crippen LogP contribution in [0.15, 0.2) is 36.4 Å². The summed E-state index contributed by atoms with van der Waals surface area (Å²) in [6.07, 6.45) is -6.66. The minimum Gasteiger partial charge on any atom is -0.463 e. The summed E-state index contributed by atoms with van der Waals surface area (Å²) < 4.78 is 29.4. The molecular weight excluding hydrogens is 552 g/mol. The maximum absolute atomic E-state index is 12.2. The van der Waals surface area contributed by atoms with Crippen LogP contribution in [-0.4, -0.2) is 59.5 Å². The molecule has 0 unspecified atom stereocenters. The largest absolute Gasteiger partial charge is 0.463 e. The predicted octanol–water partition coefficient (Wildman–Crippen LogP) is 3.67. The van der Waals surface area contributed by atoms with E-state index in [-0.39, 0.29) is 10.2 Å². The second kappa shape index (κ2) is 12.8. The molecule has 2 heterocycles. The zero-order valence-electron chi connectivity index (χ0n) is 21.4. The fourth-order valence-corrected chi connectivity index (χ4v) is 4.60. The van der Waals surface area contributed by atoms with Crippen LogP contribution in [0, 0.1) is 16.0 Å². The van der Waals surface area contributed by atoms with E-state index in [1.807, 2.05) is 6.07 Å². The molecule has 39 heavy (non-hydrogen) atoms. The van der Waals surface area contributed by atoms with Gasteiger partial charge in [-0.1, -0.05) is 36.0 Å². The van der Waals surface area contributed by atoms with Gasteiger partial charge in [0.1, 0.15) is 23.4 Å². The first-order chi connectivity index (χ1) is 18.4. The van der Waals surface area contributed by atoms with Crippen molar-refractivity contribution in [2.45, 2.75) is 58.3 Å². The minimum atomic E-state index is -1.41.